The number of sulfonamides is 1. The van der Waals surface area contributed by atoms with Crippen molar-refractivity contribution in [2.45, 2.75) is 50.8 Å². The lowest BCUT2D eigenvalue weighted by molar-refractivity contribution is 0.282. The van der Waals surface area contributed by atoms with E-state index in [1.54, 1.807) is 13.2 Å². The Labute approximate surface area is 127 Å². The van der Waals surface area contributed by atoms with Gasteiger partial charge in [-0.2, -0.15) is 0 Å². The smallest absolute Gasteiger partial charge is 0.216 e. The van der Waals surface area contributed by atoms with Gasteiger partial charge in [-0.15, -0.1) is 0 Å². The summed E-state index contributed by atoms with van der Waals surface area (Å²) >= 11 is 0. The van der Waals surface area contributed by atoms with Gasteiger partial charge in [0.1, 0.15) is 5.75 Å². The molecule has 1 N–H and O–H groups in total. The van der Waals surface area contributed by atoms with E-state index in [-0.39, 0.29) is 11.8 Å². The molecule has 0 heterocycles. The predicted octanol–water partition coefficient (Wildman–Crippen LogP) is 3.08. The van der Waals surface area contributed by atoms with Crippen molar-refractivity contribution in [3.63, 3.8) is 0 Å². The van der Waals surface area contributed by atoms with E-state index in [1.165, 1.54) is 6.42 Å². The van der Waals surface area contributed by atoms with Crippen LogP contribution in [0.4, 0.5) is 0 Å². The Morgan fingerprint density at radius 3 is 2.76 bits per heavy atom. The highest BCUT2D eigenvalue weighted by Gasteiger charge is 2.27. The van der Waals surface area contributed by atoms with Crippen LogP contribution in [0.25, 0.3) is 0 Å². The lowest BCUT2D eigenvalue weighted by Crippen LogP contribution is -2.42. The van der Waals surface area contributed by atoms with Crippen molar-refractivity contribution in [2.24, 2.45) is 5.92 Å². The molecule has 118 valence electrons. The summed E-state index contributed by atoms with van der Waals surface area (Å²) in [4.78, 5) is 0. The molecule has 0 spiro atoms. The van der Waals surface area contributed by atoms with Crippen LogP contribution in [0.2, 0.25) is 0 Å². The Morgan fingerprint density at radius 1 is 1.29 bits per heavy atom. The van der Waals surface area contributed by atoms with Crippen molar-refractivity contribution < 1.29 is 13.2 Å². The lowest BCUT2D eigenvalue weighted by atomic mass is 9.83. The van der Waals surface area contributed by atoms with Gasteiger partial charge < -0.3 is 4.74 Å². The Morgan fingerprint density at radius 2 is 2.05 bits per heavy atom. The van der Waals surface area contributed by atoms with Gasteiger partial charge in [-0.25, -0.2) is 13.1 Å². The first kappa shape index (κ1) is 16.3. The molecule has 0 radical (unpaired) electrons. The average Bonchev–Trinajstić information content (AvgIpc) is 2.47. The van der Waals surface area contributed by atoms with Crippen LogP contribution in [-0.4, -0.2) is 21.6 Å². The minimum Gasteiger partial charge on any atom is -0.497 e. The summed E-state index contributed by atoms with van der Waals surface area (Å²) in [6.45, 7) is 2.14. The van der Waals surface area contributed by atoms with Crippen LogP contribution in [0.15, 0.2) is 24.3 Å². The summed E-state index contributed by atoms with van der Waals surface area (Å²) in [5.74, 6) is 1.17. The Balaban J connectivity index is 2.03. The fourth-order valence-corrected chi connectivity index (χ4v) is 4.58. The van der Waals surface area contributed by atoms with E-state index in [0.29, 0.717) is 11.7 Å². The van der Waals surface area contributed by atoms with Gasteiger partial charge in [-0.05, 0) is 36.5 Å². The first-order chi connectivity index (χ1) is 10.0. The fraction of sp³-hybridized carbons (Fsp3) is 0.625. The zero-order valence-corrected chi connectivity index (χ0v) is 13.7. The summed E-state index contributed by atoms with van der Waals surface area (Å²) in [7, 11) is -1.72. The average molecular weight is 311 g/mol. The van der Waals surface area contributed by atoms with E-state index in [2.05, 4.69) is 11.6 Å². The maximum Gasteiger partial charge on any atom is 0.216 e. The molecular weight excluding hydrogens is 286 g/mol. The lowest BCUT2D eigenvalue weighted by Gasteiger charge is -2.31. The van der Waals surface area contributed by atoms with Crippen LogP contribution in [-0.2, 0) is 15.8 Å². The second-order valence-electron chi connectivity index (χ2n) is 5.79. The van der Waals surface area contributed by atoms with Crippen LogP contribution in [0, 0.1) is 5.92 Å². The van der Waals surface area contributed by atoms with E-state index in [0.717, 1.165) is 31.2 Å². The molecule has 1 aliphatic carbocycles. The molecule has 1 aromatic carbocycles. The number of hydrogen-bond donors (Lipinski definition) is 1. The summed E-state index contributed by atoms with van der Waals surface area (Å²) in [5.41, 5.74) is 0.755. The number of nitrogens with one attached hydrogen (secondary N) is 1. The van der Waals surface area contributed by atoms with Crippen LogP contribution < -0.4 is 9.46 Å². The van der Waals surface area contributed by atoms with Gasteiger partial charge in [0.25, 0.3) is 0 Å². The summed E-state index contributed by atoms with van der Waals surface area (Å²) in [6.07, 6.45) is 5.44. The summed E-state index contributed by atoms with van der Waals surface area (Å²) in [5, 5.41) is 0. The van der Waals surface area contributed by atoms with Crippen LogP contribution in [0.1, 0.15) is 44.6 Å². The molecule has 0 aromatic heterocycles. The van der Waals surface area contributed by atoms with Crippen LogP contribution in [0.5, 0.6) is 5.75 Å². The molecule has 4 nitrogen and oxygen atoms in total. The van der Waals surface area contributed by atoms with Crippen molar-refractivity contribution in [3.05, 3.63) is 29.8 Å². The molecule has 1 saturated carbocycles. The van der Waals surface area contributed by atoms with E-state index in [9.17, 15) is 8.42 Å². The largest absolute Gasteiger partial charge is 0.497 e. The van der Waals surface area contributed by atoms with E-state index >= 15 is 0 Å². The molecule has 2 rings (SSSR count). The molecule has 1 aromatic rings. The SMILES string of the molecule is CCC1CCCCC1NS(=O)(=O)Cc1cccc(OC)c1. The molecule has 2 unspecified atom stereocenters. The molecule has 5 heteroatoms. The number of rotatable bonds is 6. The Kier molecular flexibility index (Phi) is 5.65. The van der Waals surface area contributed by atoms with E-state index < -0.39 is 10.0 Å². The van der Waals surface area contributed by atoms with Crippen molar-refractivity contribution in [2.75, 3.05) is 7.11 Å². The third-order valence-electron chi connectivity index (χ3n) is 4.26. The summed E-state index contributed by atoms with van der Waals surface area (Å²) < 4.78 is 32.8. The quantitative estimate of drug-likeness (QED) is 0.878. The van der Waals surface area contributed by atoms with Gasteiger partial charge in [0, 0.05) is 6.04 Å². The normalized spacial score (nSPS) is 23.0. The Hall–Kier alpha value is -1.07. The Bertz CT molecular complexity index is 556. The van der Waals surface area contributed by atoms with Gasteiger partial charge in [0.15, 0.2) is 0 Å². The fourth-order valence-electron chi connectivity index (χ4n) is 3.11. The zero-order valence-electron chi connectivity index (χ0n) is 12.8. The van der Waals surface area contributed by atoms with Gasteiger partial charge in [-0.3, -0.25) is 0 Å². The van der Waals surface area contributed by atoms with Crippen molar-refractivity contribution in [1.29, 1.82) is 0 Å². The number of ether oxygens (including phenoxy) is 1. The maximum absolute atomic E-state index is 12.4. The molecule has 21 heavy (non-hydrogen) atoms. The minimum atomic E-state index is -3.31. The highest BCUT2D eigenvalue weighted by Crippen LogP contribution is 2.27. The van der Waals surface area contributed by atoms with Gasteiger partial charge >= 0.3 is 0 Å². The first-order valence-corrected chi connectivity index (χ1v) is 9.32. The van der Waals surface area contributed by atoms with Crippen molar-refractivity contribution in [1.82, 2.24) is 4.72 Å². The molecular formula is C16H25NO3S. The van der Waals surface area contributed by atoms with E-state index in [1.807, 2.05) is 18.2 Å². The van der Waals surface area contributed by atoms with Gasteiger partial charge in [0.2, 0.25) is 10.0 Å². The van der Waals surface area contributed by atoms with Crippen LogP contribution >= 0.6 is 0 Å². The molecule has 0 saturated heterocycles. The predicted molar refractivity (Wildman–Crippen MR) is 84.8 cm³/mol. The minimum absolute atomic E-state index is 0.0110. The second-order valence-corrected chi connectivity index (χ2v) is 7.54. The second kappa shape index (κ2) is 7.27. The van der Waals surface area contributed by atoms with E-state index in [4.69, 9.17) is 4.74 Å². The molecule has 0 amide bonds. The highest BCUT2D eigenvalue weighted by molar-refractivity contribution is 7.88. The number of methoxy groups -OCH3 is 1. The third kappa shape index (κ3) is 4.71. The highest BCUT2D eigenvalue weighted by atomic mass is 32.2. The van der Waals surface area contributed by atoms with Crippen LogP contribution in [0.3, 0.4) is 0 Å². The zero-order chi connectivity index (χ0) is 15.3. The summed E-state index contributed by atoms with van der Waals surface area (Å²) in [6, 6.07) is 7.33. The van der Waals surface area contributed by atoms with Crippen molar-refractivity contribution >= 4 is 10.0 Å². The van der Waals surface area contributed by atoms with Crippen molar-refractivity contribution in [3.8, 4) is 5.75 Å². The standard InChI is InChI=1S/C16H25NO3S/c1-3-14-8-4-5-10-16(14)17-21(18,19)12-13-7-6-9-15(11-13)20-2/h6-7,9,11,14,16-17H,3-5,8,10,12H2,1-2H3. The monoisotopic (exact) mass is 311 g/mol. The maximum atomic E-state index is 12.4. The molecule has 2 atom stereocenters. The molecule has 1 fully saturated rings. The molecule has 0 aliphatic heterocycles. The number of benzene rings is 1. The first-order valence-electron chi connectivity index (χ1n) is 7.67. The molecule has 0 bridgehead atoms. The third-order valence-corrected chi connectivity index (χ3v) is 5.63. The van der Waals surface area contributed by atoms with Gasteiger partial charge in [0.05, 0.1) is 12.9 Å². The molecule has 1 aliphatic rings. The topological polar surface area (TPSA) is 55.4 Å². The van der Waals surface area contributed by atoms with Gasteiger partial charge in [-0.1, -0.05) is 38.3 Å². The number of hydrogen-bond acceptors (Lipinski definition) is 3.